The van der Waals surface area contributed by atoms with E-state index < -0.39 is 48.7 Å². The van der Waals surface area contributed by atoms with Crippen molar-refractivity contribution in [2.75, 3.05) is 6.54 Å². The highest BCUT2D eigenvalue weighted by molar-refractivity contribution is 6.30. The Balaban J connectivity index is 1.39. The molecule has 3 atom stereocenters. The average molecular weight is 493 g/mol. The van der Waals surface area contributed by atoms with E-state index in [1.54, 1.807) is 11.0 Å². The minimum atomic E-state index is -3.13. The predicted molar refractivity (Wildman–Crippen MR) is 120 cm³/mol. The fraction of sp³-hybridized carbons (Fsp3) is 0.583. The Morgan fingerprint density at radius 3 is 2.74 bits per heavy atom. The number of nitrogens with one attached hydrogen (secondary N) is 1. The van der Waals surface area contributed by atoms with Gasteiger partial charge in [-0.05, 0) is 47.6 Å². The summed E-state index contributed by atoms with van der Waals surface area (Å²) in [4.78, 5) is 40.8. The van der Waals surface area contributed by atoms with Gasteiger partial charge in [-0.2, -0.15) is 5.26 Å². The van der Waals surface area contributed by atoms with Gasteiger partial charge < -0.3 is 15.1 Å². The van der Waals surface area contributed by atoms with Gasteiger partial charge in [-0.25, -0.2) is 8.78 Å². The van der Waals surface area contributed by atoms with Gasteiger partial charge in [0.15, 0.2) is 0 Å². The van der Waals surface area contributed by atoms with E-state index in [2.05, 4.69) is 19.2 Å². The number of hydrogen-bond donors (Lipinski definition) is 1. The lowest BCUT2D eigenvalue weighted by Crippen LogP contribution is -2.46. The molecule has 0 aromatic heterocycles. The molecule has 2 saturated heterocycles. The number of halogens is 3. The van der Waals surface area contributed by atoms with Crippen LogP contribution in [-0.2, 0) is 33.9 Å². The molecule has 3 aliphatic rings. The zero-order valence-corrected chi connectivity index (χ0v) is 19.9. The van der Waals surface area contributed by atoms with Gasteiger partial charge in [-0.1, -0.05) is 25.4 Å². The monoisotopic (exact) mass is 492 g/mol. The van der Waals surface area contributed by atoms with E-state index in [1.807, 2.05) is 12.1 Å². The van der Waals surface area contributed by atoms with Gasteiger partial charge in [0.05, 0.1) is 12.6 Å². The number of likely N-dealkylation sites (tertiary alicyclic amines) is 1. The van der Waals surface area contributed by atoms with Crippen molar-refractivity contribution >= 4 is 29.3 Å². The van der Waals surface area contributed by atoms with Crippen LogP contribution in [0, 0.1) is 23.2 Å². The van der Waals surface area contributed by atoms with Crippen LogP contribution in [0.4, 0.5) is 8.78 Å². The summed E-state index contributed by atoms with van der Waals surface area (Å²) >= 11 is 6.27. The molecule has 3 aliphatic heterocycles. The molecule has 34 heavy (non-hydrogen) atoms. The van der Waals surface area contributed by atoms with Gasteiger partial charge in [0.25, 0.3) is 5.92 Å². The van der Waals surface area contributed by atoms with Gasteiger partial charge in [0, 0.05) is 36.9 Å². The molecule has 3 heterocycles. The molecule has 1 N–H and O–H groups in total. The minimum absolute atomic E-state index is 0.0366. The van der Waals surface area contributed by atoms with E-state index in [4.69, 9.17) is 16.9 Å². The molecule has 2 fully saturated rings. The number of alkyl halides is 2. The maximum absolute atomic E-state index is 13.7. The van der Waals surface area contributed by atoms with Gasteiger partial charge in [-0.3, -0.25) is 14.4 Å². The minimum Gasteiger partial charge on any atom is -0.344 e. The van der Waals surface area contributed by atoms with Crippen LogP contribution in [0.3, 0.4) is 0 Å². The third-order valence-electron chi connectivity index (χ3n) is 6.72. The summed E-state index contributed by atoms with van der Waals surface area (Å²) in [5.74, 6) is -4.79. The van der Waals surface area contributed by atoms with Crippen molar-refractivity contribution in [1.82, 2.24) is 15.1 Å². The highest BCUT2D eigenvalue weighted by Gasteiger charge is 2.50. The Morgan fingerprint density at radius 2 is 2.06 bits per heavy atom. The van der Waals surface area contributed by atoms with Crippen LogP contribution in [0.1, 0.15) is 49.8 Å². The molecule has 0 saturated carbocycles. The van der Waals surface area contributed by atoms with Crippen LogP contribution < -0.4 is 5.32 Å². The maximum Gasteiger partial charge on any atom is 0.268 e. The van der Waals surface area contributed by atoms with Crippen molar-refractivity contribution in [1.29, 1.82) is 5.26 Å². The molecule has 0 bridgehead atoms. The number of carbonyl (C=O) groups excluding carboxylic acids is 3. The van der Waals surface area contributed by atoms with Gasteiger partial charge in [0.1, 0.15) is 12.1 Å². The summed E-state index contributed by atoms with van der Waals surface area (Å²) in [6.07, 6.45) is 0.0959. The van der Waals surface area contributed by atoms with Crippen LogP contribution in [0.25, 0.3) is 0 Å². The number of fused-ring (bicyclic) bond motifs is 1. The van der Waals surface area contributed by atoms with Crippen molar-refractivity contribution < 1.29 is 23.2 Å². The van der Waals surface area contributed by atoms with E-state index in [0.29, 0.717) is 24.0 Å². The third kappa shape index (κ3) is 4.88. The second-order valence-electron chi connectivity index (χ2n) is 9.92. The van der Waals surface area contributed by atoms with Gasteiger partial charge in [0.2, 0.25) is 17.7 Å². The van der Waals surface area contributed by atoms with Crippen LogP contribution in [0.5, 0.6) is 0 Å². The maximum atomic E-state index is 13.7. The lowest BCUT2D eigenvalue weighted by molar-refractivity contribution is -0.135. The molecular formula is C24H27ClF2N4O3. The highest BCUT2D eigenvalue weighted by atomic mass is 35.5. The summed E-state index contributed by atoms with van der Waals surface area (Å²) in [5, 5.41) is 12.3. The van der Waals surface area contributed by atoms with Crippen molar-refractivity contribution in [3.8, 4) is 6.07 Å². The number of benzene rings is 1. The zero-order chi connectivity index (χ0) is 24.8. The number of hydrogen-bond acceptors (Lipinski definition) is 4. The van der Waals surface area contributed by atoms with E-state index >= 15 is 0 Å². The van der Waals surface area contributed by atoms with Gasteiger partial charge in [-0.15, -0.1) is 0 Å². The Hall–Kier alpha value is -2.73. The van der Waals surface area contributed by atoms with Crippen molar-refractivity contribution in [2.45, 2.75) is 70.6 Å². The summed E-state index contributed by atoms with van der Waals surface area (Å²) in [6.45, 7) is 4.24. The molecule has 7 nitrogen and oxygen atoms in total. The van der Waals surface area contributed by atoms with Crippen molar-refractivity contribution in [3.05, 3.63) is 33.8 Å². The molecule has 4 rings (SSSR count). The number of nitrogens with zero attached hydrogens (tertiary/aromatic N) is 3. The van der Waals surface area contributed by atoms with Crippen LogP contribution in [-0.4, -0.2) is 52.1 Å². The Kier molecular flexibility index (Phi) is 6.56. The van der Waals surface area contributed by atoms with E-state index in [0.717, 1.165) is 28.0 Å². The first-order valence-corrected chi connectivity index (χ1v) is 11.8. The zero-order valence-electron chi connectivity index (χ0n) is 19.1. The summed E-state index contributed by atoms with van der Waals surface area (Å²) < 4.78 is 27.4. The normalized spacial score (nSPS) is 25.4. The molecular weight excluding hydrogens is 466 g/mol. The highest BCUT2D eigenvalue weighted by Crippen LogP contribution is 2.35. The Morgan fingerprint density at radius 1 is 1.32 bits per heavy atom. The van der Waals surface area contributed by atoms with Crippen LogP contribution in [0.15, 0.2) is 12.1 Å². The SMILES string of the molecule is CC(C)Cc1cc(Cl)cc2c1CN(C(=O)C[C@@H]1C[C@@H](C(=O)N3CC(F)(F)C[C@H]3C#N)NC1=O)C2. The summed E-state index contributed by atoms with van der Waals surface area (Å²) in [7, 11) is 0. The molecule has 1 aromatic rings. The van der Waals surface area contributed by atoms with Crippen molar-refractivity contribution in [2.24, 2.45) is 11.8 Å². The Bertz CT molecular complexity index is 1070. The molecule has 0 spiro atoms. The lowest BCUT2D eigenvalue weighted by atomic mass is 9.96. The molecule has 0 unspecified atom stereocenters. The molecule has 0 aliphatic carbocycles. The molecule has 182 valence electrons. The third-order valence-corrected chi connectivity index (χ3v) is 6.94. The molecule has 10 heteroatoms. The largest absolute Gasteiger partial charge is 0.344 e. The van der Waals surface area contributed by atoms with E-state index in [-0.39, 0.29) is 18.7 Å². The molecule has 0 radical (unpaired) electrons. The van der Waals surface area contributed by atoms with Crippen molar-refractivity contribution in [3.63, 3.8) is 0 Å². The quantitative estimate of drug-likeness (QED) is 0.683. The standard InChI is InChI=1S/C24H27ClF2N4O3/c1-13(2)3-14-4-17(25)5-16-10-30(11-19(14)16)21(32)7-15-6-20(29-22(15)33)23(34)31-12-24(26,27)8-18(31)9-28/h4-5,13,15,18,20H,3,6-8,10-12H2,1-2H3,(H,29,33)/t15-,18-,20-/m0/s1. The second-order valence-corrected chi connectivity index (χ2v) is 10.4. The van der Waals surface area contributed by atoms with Crippen LogP contribution in [0.2, 0.25) is 5.02 Å². The smallest absolute Gasteiger partial charge is 0.268 e. The number of nitriles is 1. The van der Waals surface area contributed by atoms with Gasteiger partial charge >= 0.3 is 0 Å². The fourth-order valence-electron chi connectivity index (χ4n) is 5.13. The topological polar surface area (TPSA) is 93.5 Å². The first-order chi connectivity index (χ1) is 16.0. The number of rotatable bonds is 5. The van der Waals surface area contributed by atoms with E-state index in [9.17, 15) is 23.2 Å². The summed E-state index contributed by atoms with van der Waals surface area (Å²) in [6, 6.07) is 3.30. The average Bonchev–Trinajstić information content (AvgIpc) is 3.42. The number of carbonyl (C=O) groups is 3. The summed E-state index contributed by atoms with van der Waals surface area (Å²) in [5.41, 5.74) is 3.21. The second kappa shape index (κ2) is 9.14. The first-order valence-electron chi connectivity index (χ1n) is 11.4. The van der Waals surface area contributed by atoms with E-state index in [1.165, 1.54) is 0 Å². The fourth-order valence-corrected chi connectivity index (χ4v) is 5.40. The predicted octanol–water partition coefficient (Wildman–Crippen LogP) is 3.04. The van der Waals surface area contributed by atoms with Crippen LogP contribution >= 0.6 is 11.6 Å². The first kappa shape index (κ1) is 24.4. The number of amides is 3. The Labute approximate surface area is 202 Å². The molecule has 3 amide bonds. The molecule has 1 aromatic carbocycles. The lowest BCUT2D eigenvalue weighted by Gasteiger charge is -2.22.